The lowest BCUT2D eigenvalue weighted by atomic mass is 9.97. The highest BCUT2D eigenvalue weighted by Gasteiger charge is 2.17. The topological polar surface area (TPSA) is 15.3 Å². The molecule has 2 rings (SSSR count). The number of halogens is 1. The predicted octanol–water partition coefficient (Wildman–Crippen LogP) is 3.59. The molecule has 0 aliphatic heterocycles. The standard InChI is InChI=1S/C17H21FN2/c1-4-19-17(15-10-5-6-11-16(15)18)13-8-7-9-14(12-13)20(2)3/h5-12,17,19H,4H2,1-3H3. The average Bonchev–Trinajstić information content (AvgIpc) is 2.46. The van der Waals surface area contributed by atoms with E-state index in [0.717, 1.165) is 17.8 Å². The van der Waals surface area contributed by atoms with Gasteiger partial charge in [-0.25, -0.2) is 4.39 Å². The van der Waals surface area contributed by atoms with Crippen molar-refractivity contribution in [3.8, 4) is 0 Å². The van der Waals surface area contributed by atoms with E-state index < -0.39 is 0 Å². The Balaban J connectivity index is 2.43. The van der Waals surface area contributed by atoms with Crippen molar-refractivity contribution in [1.82, 2.24) is 5.32 Å². The molecule has 3 heteroatoms. The van der Waals surface area contributed by atoms with E-state index in [2.05, 4.69) is 11.4 Å². The van der Waals surface area contributed by atoms with Crippen molar-refractivity contribution in [3.05, 3.63) is 65.5 Å². The zero-order valence-electron chi connectivity index (χ0n) is 12.2. The smallest absolute Gasteiger partial charge is 0.128 e. The SMILES string of the molecule is CCNC(c1cccc(N(C)C)c1)c1ccccc1F. The van der Waals surface area contributed by atoms with Crippen LogP contribution in [0.4, 0.5) is 10.1 Å². The molecule has 1 unspecified atom stereocenters. The summed E-state index contributed by atoms with van der Waals surface area (Å²) in [6.07, 6.45) is 0. The molecule has 0 saturated carbocycles. The highest BCUT2D eigenvalue weighted by Crippen LogP contribution is 2.26. The first-order valence-electron chi connectivity index (χ1n) is 6.88. The Kier molecular flexibility index (Phi) is 4.74. The van der Waals surface area contributed by atoms with Crippen LogP contribution in [0.5, 0.6) is 0 Å². The Morgan fingerprint density at radius 1 is 1.10 bits per heavy atom. The average molecular weight is 272 g/mol. The van der Waals surface area contributed by atoms with Gasteiger partial charge in [0.1, 0.15) is 5.82 Å². The van der Waals surface area contributed by atoms with E-state index in [1.807, 2.05) is 56.3 Å². The summed E-state index contributed by atoms with van der Waals surface area (Å²) in [7, 11) is 4.01. The largest absolute Gasteiger partial charge is 0.378 e. The number of anilines is 1. The van der Waals surface area contributed by atoms with Gasteiger partial charge in [0.15, 0.2) is 0 Å². The summed E-state index contributed by atoms with van der Waals surface area (Å²) >= 11 is 0. The van der Waals surface area contributed by atoms with Gasteiger partial charge in [-0.05, 0) is 30.3 Å². The van der Waals surface area contributed by atoms with Crippen molar-refractivity contribution in [3.63, 3.8) is 0 Å². The fourth-order valence-corrected chi connectivity index (χ4v) is 2.30. The molecule has 0 spiro atoms. The molecule has 0 fully saturated rings. The summed E-state index contributed by atoms with van der Waals surface area (Å²) in [5.41, 5.74) is 2.87. The third-order valence-corrected chi connectivity index (χ3v) is 3.34. The van der Waals surface area contributed by atoms with Crippen LogP contribution >= 0.6 is 0 Å². The Labute approximate surface area is 120 Å². The summed E-state index contributed by atoms with van der Waals surface area (Å²) in [4.78, 5) is 2.05. The maximum atomic E-state index is 14.1. The molecule has 2 nitrogen and oxygen atoms in total. The van der Waals surface area contributed by atoms with Crippen LogP contribution in [0.1, 0.15) is 24.1 Å². The molecule has 0 radical (unpaired) electrons. The molecule has 0 aliphatic rings. The van der Waals surface area contributed by atoms with E-state index in [1.165, 1.54) is 6.07 Å². The molecule has 20 heavy (non-hydrogen) atoms. The molecular weight excluding hydrogens is 251 g/mol. The van der Waals surface area contributed by atoms with Crippen LogP contribution in [0.15, 0.2) is 48.5 Å². The van der Waals surface area contributed by atoms with E-state index >= 15 is 0 Å². The van der Waals surface area contributed by atoms with E-state index in [1.54, 1.807) is 6.07 Å². The molecule has 0 aromatic heterocycles. The van der Waals surface area contributed by atoms with Crippen molar-refractivity contribution in [2.45, 2.75) is 13.0 Å². The molecular formula is C17H21FN2. The summed E-state index contributed by atoms with van der Waals surface area (Å²) in [5.74, 6) is -0.172. The van der Waals surface area contributed by atoms with Crippen LogP contribution < -0.4 is 10.2 Å². The lowest BCUT2D eigenvalue weighted by Gasteiger charge is -2.21. The second-order valence-corrected chi connectivity index (χ2v) is 5.00. The summed E-state index contributed by atoms with van der Waals surface area (Å²) in [6.45, 7) is 2.81. The molecule has 0 amide bonds. The monoisotopic (exact) mass is 272 g/mol. The fourth-order valence-electron chi connectivity index (χ4n) is 2.30. The van der Waals surface area contributed by atoms with Crippen molar-refractivity contribution >= 4 is 5.69 Å². The number of benzene rings is 2. The van der Waals surface area contributed by atoms with Gasteiger partial charge in [0.2, 0.25) is 0 Å². The van der Waals surface area contributed by atoms with Gasteiger partial charge in [0.05, 0.1) is 6.04 Å². The predicted molar refractivity (Wildman–Crippen MR) is 82.7 cm³/mol. The summed E-state index contributed by atoms with van der Waals surface area (Å²) in [6, 6.07) is 15.0. The first kappa shape index (κ1) is 14.5. The molecule has 106 valence electrons. The van der Waals surface area contributed by atoms with Crippen molar-refractivity contribution in [2.24, 2.45) is 0 Å². The number of hydrogen-bond acceptors (Lipinski definition) is 2. The number of nitrogens with zero attached hydrogens (tertiary/aromatic N) is 1. The molecule has 1 N–H and O–H groups in total. The lowest BCUT2D eigenvalue weighted by Crippen LogP contribution is -2.23. The summed E-state index contributed by atoms with van der Waals surface area (Å²) < 4.78 is 14.1. The van der Waals surface area contributed by atoms with Gasteiger partial charge in [-0.3, -0.25) is 0 Å². The Bertz CT molecular complexity index is 566. The van der Waals surface area contributed by atoms with Gasteiger partial charge in [-0.1, -0.05) is 37.3 Å². The van der Waals surface area contributed by atoms with Gasteiger partial charge in [-0.15, -0.1) is 0 Å². The molecule has 0 bridgehead atoms. The van der Waals surface area contributed by atoms with Crippen LogP contribution in [-0.4, -0.2) is 20.6 Å². The van der Waals surface area contributed by atoms with Gasteiger partial charge >= 0.3 is 0 Å². The minimum absolute atomic E-state index is 0.124. The highest BCUT2D eigenvalue weighted by molar-refractivity contribution is 5.49. The van der Waals surface area contributed by atoms with E-state index in [-0.39, 0.29) is 11.9 Å². The molecule has 0 heterocycles. The van der Waals surface area contributed by atoms with Crippen molar-refractivity contribution in [1.29, 1.82) is 0 Å². The zero-order valence-corrected chi connectivity index (χ0v) is 12.2. The molecule has 0 saturated heterocycles. The van der Waals surface area contributed by atoms with Crippen molar-refractivity contribution < 1.29 is 4.39 Å². The van der Waals surface area contributed by atoms with Crippen LogP contribution in [-0.2, 0) is 0 Å². The van der Waals surface area contributed by atoms with E-state index in [9.17, 15) is 4.39 Å². The van der Waals surface area contributed by atoms with E-state index in [4.69, 9.17) is 0 Å². The van der Waals surface area contributed by atoms with Crippen LogP contribution in [0, 0.1) is 5.82 Å². The third kappa shape index (κ3) is 3.17. The highest BCUT2D eigenvalue weighted by atomic mass is 19.1. The molecule has 0 aliphatic carbocycles. The minimum Gasteiger partial charge on any atom is -0.378 e. The van der Waals surface area contributed by atoms with Crippen LogP contribution in [0.3, 0.4) is 0 Å². The first-order chi connectivity index (χ1) is 9.63. The van der Waals surface area contributed by atoms with Crippen molar-refractivity contribution in [2.75, 3.05) is 25.5 Å². The van der Waals surface area contributed by atoms with Gasteiger partial charge in [-0.2, -0.15) is 0 Å². The number of rotatable bonds is 5. The maximum Gasteiger partial charge on any atom is 0.128 e. The maximum absolute atomic E-state index is 14.1. The fraction of sp³-hybridized carbons (Fsp3) is 0.294. The molecule has 2 aromatic carbocycles. The minimum atomic E-state index is -0.172. The number of hydrogen-bond donors (Lipinski definition) is 1. The van der Waals surface area contributed by atoms with Gasteiger partial charge in [0, 0.05) is 25.3 Å². The van der Waals surface area contributed by atoms with Crippen LogP contribution in [0.25, 0.3) is 0 Å². The van der Waals surface area contributed by atoms with E-state index in [0.29, 0.717) is 5.56 Å². The first-order valence-corrected chi connectivity index (χ1v) is 6.88. The Morgan fingerprint density at radius 2 is 1.85 bits per heavy atom. The van der Waals surface area contributed by atoms with Gasteiger partial charge < -0.3 is 10.2 Å². The Morgan fingerprint density at radius 3 is 2.50 bits per heavy atom. The second-order valence-electron chi connectivity index (χ2n) is 5.00. The number of nitrogens with one attached hydrogen (secondary N) is 1. The second kappa shape index (κ2) is 6.53. The normalized spacial score (nSPS) is 12.2. The molecule has 2 aromatic rings. The van der Waals surface area contributed by atoms with Crippen LogP contribution in [0.2, 0.25) is 0 Å². The summed E-state index contributed by atoms with van der Waals surface area (Å²) in [5, 5.41) is 3.36. The quantitative estimate of drug-likeness (QED) is 0.895. The zero-order chi connectivity index (χ0) is 14.5. The lowest BCUT2D eigenvalue weighted by molar-refractivity contribution is 0.559. The Hall–Kier alpha value is -1.87. The van der Waals surface area contributed by atoms with Gasteiger partial charge in [0.25, 0.3) is 0 Å². The molecule has 1 atom stereocenters. The third-order valence-electron chi connectivity index (χ3n) is 3.34.